The van der Waals surface area contributed by atoms with Crippen molar-refractivity contribution in [3.8, 4) is 0 Å². The van der Waals surface area contributed by atoms with Crippen molar-refractivity contribution in [1.82, 2.24) is 9.88 Å². The number of thiazole rings is 1. The Labute approximate surface area is 121 Å². The summed E-state index contributed by atoms with van der Waals surface area (Å²) in [4.78, 5) is 17.9. The van der Waals surface area contributed by atoms with E-state index >= 15 is 0 Å². The number of likely N-dealkylation sites (N-methyl/N-ethyl adjacent to an activating group) is 1. The van der Waals surface area contributed by atoms with Gasteiger partial charge >= 0.3 is 0 Å². The number of benzene rings is 1. The highest BCUT2D eigenvalue weighted by atomic mass is 32.1. The van der Waals surface area contributed by atoms with Crippen LogP contribution < -0.4 is 5.32 Å². The fourth-order valence-corrected chi connectivity index (χ4v) is 2.48. The number of hydrogen-bond acceptors (Lipinski definition) is 4. The van der Waals surface area contributed by atoms with E-state index in [0.717, 1.165) is 11.3 Å². The third-order valence-electron chi connectivity index (χ3n) is 2.64. The van der Waals surface area contributed by atoms with E-state index in [1.54, 1.807) is 12.1 Å². The second-order valence-electron chi connectivity index (χ2n) is 4.64. The van der Waals surface area contributed by atoms with Gasteiger partial charge in [0.25, 0.3) is 0 Å². The Balaban J connectivity index is 1.83. The number of nitrogens with zero attached hydrogens (tertiary/aromatic N) is 2. The normalized spacial score (nSPS) is 10.8. The first-order chi connectivity index (χ1) is 9.52. The topological polar surface area (TPSA) is 45.2 Å². The quantitative estimate of drug-likeness (QED) is 0.922. The highest BCUT2D eigenvalue weighted by molar-refractivity contribution is 7.13. The van der Waals surface area contributed by atoms with Crippen molar-refractivity contribution in [3.05, 3.63) is 46.7 Å². The Kier molecular flexibility index (Phi) is 4.81. The lowest BCUT2D eigenvalue weighted by molar-refractivity contribution is -0.117. The molecule has 0 atom stereocenters. The minimum Gasteiger partial charge on any atom is -0.301 e. The zero-order valence-corrected chi connectivity index (χ0v) is 12.2. The molecule has 0 aliphatic rings. The summed E-state index contributed by atoms with van der Waals surface area (Å²) in [5.41, 5.74) is 1.86. The summed E-state index contributed by atoms with van der Waals surface area (Å²) in [6.07, 6.45) is 0. The number of carbonyl (C=O) groups is 1. The van der Waals surface area contributed by atoms with Crippen molar-refractivity contribution in [3.63, 3.8) is 0 Å². The third kappa shape index (κ3) is 4.40. The molecule has 0 radical (unpaired) electrons. The summed E-state index contributed by atoms with van der Waals surface area (Å²) in [5.74, 6) is -0.364. The van der Waals surface area contributed by atoms with Crippen LogP contribution in [0.25, 0.3) is 0 Å². The summed E-state index contributed by atoms with van der Waals surface area (Å²) < 4.78 is 12.8. The van der Waals surface area contributed by atoms with Crippen molar-refractivity contribution < 1.29 is 9.18 Å². The van der Waals surface area contributed by atoms with Crippen molar-refractivity contribution >= 4 is 22.4 Å². The van der Waals surface area contributed by atoms with Crippen LogP contribution in [-0.4, -0.2) is 29.4 Å². The first kappa shape index (κ1) is 14.6. The molecule has 0 spiro atoms. The number of amides is 1. The molecule has 0 saturated carbocycles. The summed E-state index contributed by atoms with van der Waals surface area (Å²) in [6, 6.07) is 6.27. The molecular formula is C14H16FN3OS. The number of halogens is 1. The molecule has 20 heavy (non-hydrogen) atoms. The van der Waals surface area contributed by atoms with Gasteiger partial charge in [0.1, 0.15) is 5.82 Å². The van der Waals surface area contributed by atoms with Gasteiger partial charge in [-0.1, -0.05) is 12.1 Å². The van der Waals surface area contributed by atoms with Crippen LogP contribution in [0.3, 0.4) is 0 Å². The van der Waals surface area contributed by atoms with Crippen molar-refractivity contribution in [2.45, 2.75) is 13.5 Å². The maximum atomic E-state index is 12.8. The van der Waals surface area contributed by atoms with Gasteiger partial charge in [0, 0.05) is 11.9 Å². The van der Waals surface area contributed by atoms with E-state index in [0.29, 0.717) is 11.7 Å². The molecule has 1 aromatic heterocycles. The molecular weight excluding hydrogens is 277 g/mol. The van der Waals surface area contributed by atoms with Crippen LogP contribution in [0.5, 0.6) is 0 Å². The van der Waals surface area contributed by atoms with E-state index in [-0.39, 0.29) is 18.3 Å². The predicted octanol–water partition coefficient (Wildman–Crippen LogP) is 2.66. The minimum atomic E-state index is -0.256. The SMILES string of the molecule is Cc1csc(NC(=O)CN(C)Cc2ccc(F)cc2)n1. The number of rotatable bonds is 5. The molecule has 4 nitrogen and oxygen atoms in total. The molecule has 1 heterocycles. The van der Waals surface area contributed by atoms with Gasteiger partial charge in [0.2, 0.25) is 5.91 Å². The van der Waals surface area contributed by atoms with Crippen LogP contribution in [0.2, 0.25) is 0 Å². The molecule has 2 rings (SSSR count). The second-order valence-corrected chi connectivity index (χ2v) is 5.50. The largest absolute Gasteiger partial charge is 0.301 e. The molecule has 1 N–H and O–H groups in total. The van der Waals surface area contributed by atoms with Gasteiger partial charge in [-0.15, -0.1) is 11.3 Å². The van der Waals surface area contributed by atoms with Gasteiger partial charge < -0.3 is 5.32 Å². The second kappa shape index (κ2) is 6.58. The van der Waals surface area contributed by atoms with E-state index in [1.165, 1.54) is 23.5 Å². The lowest BCUT2D eigenvalue weighted by Gasteiger charge is -2.15. The Morgan fingerprint density at radius 1 is 1.40 bits per heavy atom. The molecule has 0 unspecified atom stereocenters. The zero-order valence-electron chi connectivity index (χ0n) is 11.4. The molecule has 0 aliphatic carbocycles. The van der Waals surface area contributed by atoms with Crippen LogP contribution in [-0.2, 0) is 11.3 Å². The lowest BCUT2D eigenvalue weighted by Crippen LogP contribution is -2.29. The summed E-state index contributed by atoms with van der Waals surface area (Å²) in [6.45, 7) is 2.73. The van der Waals surface area contributed by atoms with Gasteiger partial charge in [0.05, 0.1) is 12.2 Å². The van der Waals surface area contributed by atoms with Crippen LogP contribution in [0.4, 0.5) is 9.52 Å². The van der Waals surface area contributed by atoms with E-state index < -0.39 is 0 Å². The van der Waals surface area contributed by atoms with Gasteiger partial charge in [-0.05, 0) is 31.7 Å². The molecule has 1 aromatic carbocycles. The number of hydrogen-bond donors (Lipinski definition) is 1. The number of aromatic nitrogens is 1. The molecule has 2 aromatic rings. The minimum absolute atomic E-state index is 0.107. The van der Waals surface area contributed by atoms with E-state index in [1.807, 2.05) is 24.3 Å². The molecule has 0 fully saturated rings. The Bertz CT molecular complexity index is 582. The molecule has 106 valence electrons. The van der Waals surface area contributed by atoms with Crippen LogP contribution in [0.15, 0.2) is 29.6 Å². The van der Waals surface area contributed by atoms with Crippen LogP contribution >= 0.6 is 11.3 Å². The van der Waals surface area contributed by atoms with Gasteiger partial charge in [0.15, 0.2) is 5.13 Å². The van der Waals surface area contributed by atoms with E-state index in [9.17, 15) is 9.18 Å². The summed E-state index contributed by atoms with van der Waals surface area (Å²) >= 11 is 1.41. The Hall–Kier alpha value is -1.79. The van der Waals surface area contributed by atoms with Crippen molar-refractivity contribution in [1.29, 1.82) is 0 Å². The van der Waals surface area contributed by atoms with Gasteiger partial charge in [-0.3, -0.25) is 9.69 Å². The molecule has 1 amide bonds. The number of aryl methyl sites for hydroxylation is 1. The maximum Gasteiger partial charge on any atom is 0.240 e. The van der Waals surface area contributed by atoms with Crippen molar-refractivity contribution in [2.24, 2.45) is 0 Å². The monoisotopic (exact) mass is 293 g/mol. The maximum absolute atomic E-state index is 12.8. The zero-order chi connectivity index (χ0) is 14.5. The number of anilines is 1. The highest BCUT2D eigenvalue weighted by Gasteiger charge is 2.09. The predicted molar refractivity (Wildman–Crippen MR) is 78.2 cm³/mol. The molecule has 6 heteroatoms. The Morgan fingerprint density at radius 3 is 2.70 bits per heavy atom. The molecule has 0 aliphatic heterocycles. The molecule has 0 saturated heterocycles. The van der Waals surface area contributed by atoms with Crippen LogP contribution in [0, 0.1) is 12.7 Å². The van der Waals surface area contributed by atoms with E-state index in [4.69, 9.17) is 0 Å². The average Bonchev–Trinajstić information content (AvgIpc) is 2.77. The van der Waals surface area contributed by atoms with Gasteiger partial charge in [-0.2, -0.15) is 0 Å². The van der Waals surface area contributed by atoms with Gasteiger partial charge in [-0.25, -0.2) is 9.37 Å². The fraction of sp³-hybridized carbons (Fsp3) is 0.286. The number of carbonyl (C=O) groups excluding carboxylic acids is 1. The van der Waals surface area contributed by atoms with Crippen molar-refractivity contribution in [2.75, 3.05) is 18.9 Å². The lowest BCUT2D eigenvalue weighted by atomic mass is 10.2. The molecule has 0 bridgehead atoms. The highest BCUT2D eigenvalue weighted by Crippen LogP contribution is 2.14. The summed E-state index contributed by atoms with van der Waals surface area (Å²) in [7, 11) is 1.84. The van der Waals surface area contributed by atoms with Crippen LogP contribution in [0.1, 0.15) is 11.3 Å². The Morgan fingerprint density at radius 2 is 2.10 bits per heavy atom. The summed E-state index contributed by atoms with van der Waals surface area (Å²) in [5, 5.41) is 5.26. The first-order valence-corrected chi connectivity index (χ1v) is 7.06. The van der Waals surface area contributed by atoms with E-state index in [2.05, 4.69) is 10.3 Å². The third-order valence-corrected chi connectivity index (χ3v) is 3.52. The standard InChI is InChI=1S/C14H16FN3OS/c1-10-9-20-14(16-10)17-13(19)8-18(2)7-11-3-5-12(15)6-4-11/h3-6,9H,7-8H2,1-2H3,(H,16,17,19). The smallest absolute Gasteiger partial charge is 0.240 e. The first-order valence-electron chi connectivity index (χ1n) is 6.18. The fourth-order valence-electron chi connectivity index (χ4n) is 1.77. The number of nitrogens with one attached hydrogen (secondary N) is 1. The average molecular weight is 293 g/mol.